The molecule has 0 aliphatic rings. The Hall–Kier alpha value is -0.0600. The highest BCUT2D eigenvalue weighted by Gasteiger charge is 2.12. The monoisotopic (exact) mass is 296 g/mol. The average molecular weight is 298 g/mol. The first-order valence-electron chi connectivity index (χ1n) is 4.03. The van der Waals surface area contributed by atoms with Gasteiger partial charge in [-0.3, -0.25) is 0 Å². The van der Waals surface area contributed by atoms with Crippen LogP contribution in [0.2, 0.25) is 0 Å². The first kappa shape index (κ1) is 12.0. The SMILES string of the molecule is O=[SH](=O)C(CBr)c1ccc(CCl)cc1. The maximum absolute atomic E-state index is 10.9. The summed E-state index contributed by atoms with van der Waals surface area (Å²) in [6, 6.07) is 7.29. The molecule has 78 valence electrons. The van der Waals surface area contributed by atoms with Crippen molar-refractivity contribution >= 4 is 38.2 Å². The van der Waals surface area contributed by atoms with Crippen LogP contribution in [0.25, 0.3) is 0 Å². The quantitative estimate of drug-likeness (QED) is 0.684. The average Bonchev–Trinajstić information content (AvgIpc) is 2.19. The maximum Gasteiger partial charge on any atom is 0.147 e. The zero-order chi connectivity index (χ0) is 10.6. The van der Waals surface area contributed by atoms with Gasteiger partial charge in [-0.1, -0.05) is 40.2 Å². The summed E-state index contributed by atoms with van der Waals surface area (Å²) in [7, 11) is -2.43. The summed E-state index contributed by atoms with van der Waals surface area (Å²) in [4.78, 5) is 0. The molecule has 14 heavy (non-hydrogen) atoms. The number of rotatable bonds is 4. The van der Waals surface area contributed by atoms with E-state index in [1.807, 2.05) is 12.1 Å². The second-order valence-electron chi connectivity index (χ2n) is 2.83. The van der Waals surface area contributed by atoms with Crippen molar-refractivity contribution in [2.24, 2.45) is 0 Å². The Kier molecular flexibility index (Phi) is 4.92. The summed E-state index contributed by atoms with van der Waals surface area (Å²) >= 11 is 8.81. The molecule has 1 aromatic carbocycles. The number of hydrogen-bond acceptors (Lipinski definition) is 2. The molecule has 1 unspecified atom stereocenters. The van der Waals surface area contributed by atoms with E-state index in [-0.39, 0.29) is 0 Å². The number of thiol groups is 1. The van der Waals surface area contributed by atoms with Crippen LogP contribution in [0.5, 0.6) is 0 Å². The molecule has 0 heterocycles. The van der Waals surface area contributed by atoms with Crippen molar-refractivity contribution in [2.75, 3.05) is 5.33 Å². The van der Waals surface area contributed by atoms with Gasteiger partial charge in [-0.2, -0.15) is 0 Å². The van der Waals surface area contributed by atoms with E-state index < -0.39 is 16.0 Å². The van der Waals surface area contributed by atoms with Crippen molar-refractivity contribution in [3.8, 4) is 0 Å². The molecule has 0 aliphatic heterocycles. The van der Waals surface area contributed by atoms with Crippen LogP contribution in [0.3, 0.4) is 0 Å². The summed E-state index contributed by atoms with van der Waals surface area (Å²) in [6.07, 6.45) is 0. The molecule has 0 N–H and O–H groups in total. The molecule has 1 rings (SSSR count). The van der Waals surface area contributed by atoms with Crippen LogP contribution < -0.4 is 0 Å². The molecule has 0 spiro atoms. The molecule has 1 aromatic rings. The summed E-state index contributed by atoms with van der Waals surface area (Å²) in [5.41, 5.74) is 1.79. The minimum atomic E-state index is -2.43. The molecule has 5 heteroatoms. The molecule has 0 fully saturated rings. The van der Waals surface area contributed by atoms with Crippen molar-refractivity contribution in [3.05, 3.63) is 35.4 Å². The minimum absolute atomic E-state index is 0.423. The first-order chi connectivity index (χ1) is 6.69. The first-order valence-corrected chi connectivity index (χ1v) is 6.93. The van der Waals surface area contributed by atoms with Gasteiger partial charge in [0.15, 0.2) is 0 Å². The largest absolute Gasteiger partial charge is 0.231 e. The second kappa shape index (κ2) is 5.73. The van der Waals surface area contributed by atoms with E-state index >= 15 is 0 Å². The summed E-state index contributed by atoms with van der Waals surface area (Å²) in [5.74, 6) is 0.447. The Bertz CT molecular complexity index is 354. The van der Waals surface area contributed by atoms with E-state index in [4.69, 9.17) is 11.6 Å². The van der Waals surface area contributed by atoms with Crippen molar-refractivity contribution in [1.29, 1.82) is 0 Å². The Morgan fingerprint density at radius 2 is 1.86 bits per heavy atom. The second-order valence-corrected chi connectivity index (χ2v) is 4.94. The summed E-state index contributed by atoms with van der Waals surface area (Å²) < 4.78 is 21.7. The molecule has 0 bridgehead atoms. The molecular weight excluding hydrogens is 288 g/mol. The number of alkyl halides is 2. The van der Waals surface area contributed by atoms with Gasteiger partial charge < -0.3 is 0 Å². The van der Waals surface area contributed by atoms with E-state index in [1.54, 1.807) is 12.1 Å². The van der Waals surface area contributed by atoms with E-state index in [1.165, 1.54) is 0 Å². The summed E-state index contributed by atoms with van der Waals surface area (Å²) in [5, 5.41) is -0.0271. The smallest absolute Gasteiger partial charge is 0.147 e. The Morgan fingerprint density at radius 3 is 2.21 bits per heavy atom. The molecule has 0 aromatic heterocycles. The third kappa shape index (κ3) is 2.97. The molecule has 0 radical (unpaired) electrons. The molecule has 2 nitrogen and oxygen atoms in total. The van der Waals surface area contributed by atoms with Crippen molar-refractivity contribution in [3.63, 3.8) is 0 Å². The van der Waals surface area contributed by atoms with Crippen LogP contribution in [0.15, 0.2) is 24.3 Å². The molecule has 0 saturated heterocycles. The van der Waals surface area contributed by atoms with Crippen molar-refractivity contribution in [1.82, 2.24) is 0 Å². The Morgan fingerprint density at radius 1 is 1.29 bits per heavy atom. The lowest BCUT2D eigenvalue weighted by Crippen LogP contribution is -2.01. The lowest BCUT2D eigenvalue weighted by Gasteiger charge is -2.07. The van der Waals surface area contributed by atoms with Crippen molar-refractivity contribution < 1.29 is 8.42 Å². The van der Waals surface area contributed by atoms with Crippen LogP contribution in [0.1, 0.15) is 16.4 Å². The standard InChI is InChI=1S/C9H10BrClO2S/c10-5-9(14(12)13)8-3-1-7(6-11)2-4-8/h1-4,9,14H,5-6H2. The van der Waals surface area contributed by atoms with Gasteiger partial charge >= 0.3 is 0 Å². The number of halogens is 2. The molecule has 0 aliphatic carbocycles. The van der Waals surface area contributed by atoms with E-state index in [9.17, 15) is 8.42 Å². The summed E-state index contributed by atoms with van der Waals surface area (Å²) in [6.45, 7) is 0. The van der Waals surface area contributed by atoms with Gasteiger partial charge in [0.25, 0.3) is 0 Å². The predicted octanol–water partition coefficient (Wildman–Crippen LogP) is 2.47. The van der Waals surface area contributed by atoms with Gasteiger partial charge in [-0.25, -0.2) is 8.42 Å². The third-order valence-electron chi connectivity index (χ3n) is 1.92. The van der Waals surface area contributed by atoms with Crippen LogP contribution in [0, 0.1) is 0 Å². The molecule has 1 atom stereocenters. The van der Waals surface area contributed by atoms with Crippen molar-refractivity contribution in [2.45, 2.75) is 11.1 Å². The fourth-order valence-electron chi connectivity index (χ4n) is 1.10. The predicted molar refractivity (Wildman–Crippen MR) is 62.8 cm³/mol. The zero-order valence-corrected chi connectivity index (χ0v) is 10.6. The van der Waals surface area contributed by atoms with E-state index in [0.717, 1.165) is 11.1 Å². The van der Waals surface area contributed by atoms with Gasteiger partial charge in [0.05, 0.1) is 5.25 Å². The zero-order valence-electron chi connectivity index (χ0n) is 7.32. The normalized spacial score (nSPS) is 13.1. The van der Waals surface area contributed by atoms with Gasteiger partial charge in [-0.15, -0.1) is 11.6 Å². The van der Waals surface area contributed by atoms with E-state index in [2.05, 4.69) is 15.9 Å². The molecule has 0 amide bonds. The highest BCUT2D eigenvalue weighted by molar-refractivity contribution is 9.09. The maximum atomic E-state index is 10.9. The Labute approximate surface area is 98.4 Å². The highest BCUT2D eigenvalue weighted by Crippen LogP contribution is 2.19. The van der Waals surface area contributed by atoms with Gasteiger partial charge in [0.2, 0.25) is 0 Å². The highest BCUT2D eigenvalue weighted by atomic mass is 79.9. The fraction of sp³-hybridized carbons (Fsp3) is 0.333. The Balaban J connectivity index is 2.95. The van der Waals surface area contributed by atoms with Crippen LogP contribution >= 0.6 is 27.5 Å². The van der Waals surface area contributed by atoms with Crippen LogP contribution in [0.4, 0.5) is 0 Å². The lowest BCUT2D eigenvalue weighted by atomic mass is 10.1. The van der Waals surface area contributed by atoms with Gasteiger partial charge in [0.1, 0.15) is 10.7 Å². The fourth-order valence-corrected chi connectivity index (χ4v) is 2.89. The van der Waals surface area contributed by atoms with Crippen LogP contribution in [-0.2, 0) is 16.6 Å². The number of benzene rings is 1. The topological polar surface area (TPSA) is 34.1 Å². The number of hydrogen-bond donors (Lipinski definition) is 1. The lowest BCUT2D eigenvalue weighted by molar-refractivity contribution is 0.607. The molecule has 0 saturated carbocycles. The van der Waals surface area contributed by atoms with Crippen LogP contribution in [-0.4, -0.2) is 13.7 Å². The van der Waals surface area contributed by atoms with Gasteiger partial charge in [-0.05, 0) is 11.1 Å². The third-order valence-corrected chi connectivity index (χ3v) is 4.37. The van der Waals surface area contributed by atoms with Gasteiger partial charge in [0, 0.05) is 11.2 Å². The molecular formula is C9H10BrClO2S. The van der Waals surface area contributed by atoms with E-state index in [0.29, 0.717) is 11.2 Å². The minimum Gasteiger partial charge on any atom is -0.231 e.